The van der Waals surface area contributed by atoms with Gasteiger partial charge in [0.1, 0.15) is 6.04 Å². The Morgan fingerprint density at radius 3 is 2.53 bits per heavy atom. The molecule has 1 unspecified atom stereocenters. The Morgan fingerprint density at radius 2 is 1.85 bits per heavy atom. The zero-order valence-corrected chi connectivity index (χ0v) is 18.0. The van der Waals surface area contributed by atoms with Gasteiger partial charge in [-0.15, -0.1) is 5.10 Å². The first kappa shape index (κ1) is 21.0. The number of nitrogens with zero attached hydrogens (tertiary/aromatic N) is 5. The third kappa shape index (κ3) is 3.88. The number of hydrogen-bond donors (Lipinski definition) is 2. The van der Waals surface area contributed by atoms with Crippen molar-refractivity contribution in [2.45, 2.75) is 13.0 Å². The molecule has 0 aliphatic carbocycles. The van der Waals surface area contributed by atoms with Crippen molar-refractivity contribution in [3.8, 4) is 11.4 Å². The van der Waals surface area contributed by atoms with Crippen LogP contribution in [0.5, 0.6) is 0 Å². The molecule has 0 bridgehead atoms. The van der Waals surface area contributed by atoms with Gasteiger partial charge in [-0.1, -0.05) is 18.2 Å². The quantitative estimate of drug-likeness (QED) is 0.343. The number of carbonyl (C=O) groups is 1. The Hall–Kier alpha value is -4.86. The molecule has 3 heterocycles. The van der Waals surface area contributed by atoms with Gasteiger partial charge in [-0.2, -0.15) is 4.98 Å². The van der Waals surface area contributed by atoms with E-state index >= 15 is 0 Å². The van der Waals surface area contributed by atoms with E-state index in [2.05, 4.69) is 25.7 Å². The lowest BCUT2D eigenvalue weighted by atomic mass is 9.95. The minimum atomic E-state index is -0.654. The summed E-state index contributed by atoms with van der Waals surface area (Å²) in [5, 5.41) is 21.9. The van der Waals surface area contributed by atoms with Crippen molar-refractivity contribution in [1.82, 2.24) is 19.7 Å². The number of hydrogen-bond acceptors (Lipinski definition) is 7. The van der Waals surface area contributed by atoms with Gasteiger partial charge in [0.25, 0.3) is 11.6 Å². The monoisotopic (exact) mass is 453 g/mol. The number of para-hydroxylation sites is 1. The first-order chi connectivity index (χ1) is 16.5. The Bertz CT molecular complexity index is 1400. The van der Waals surface area contributed by atoms with Crippen molar-refractivity contribution in [2.75, 3.05) is 10.6 Å². The van der Waals surface area contributed by atoms with Gasteiger partial charge >= 0.3 is 0 Å². The molecule has 34 heavy (non-hydrogen) atoms. The summed E-state index contributed by atoms with van der Waals surface area (Å²) < 4.78 is 1.62. The maximum atomic E-state index is 13.4. The normalized spacial score (nSPS) is 14.8. The molecule has 2 aromatic carbocycles. The molecule has 5 rings (SSSR count). The van der Waals surface area contributed by atoms with Gasteiger partial charge in [-0.05, 0) is 48.9 Å². The largest absolute Gasteiger partial charge is 0.328 e. The summed E-state index contributed by atoms with van der Waals surface area (Å²) in [6.07, 6.45) is 3.32. The summed E-state index contributed by atoms with van der Waals surface area (Å²) in [6, 6.07) is 18.2. The molecule has 1 aliphatic heterocycles. The van der Waals surface area contributed by atoms with Crippen LogP contribution in [0.2, 0.25) is 0 Å². The first-order valence-corrected chi connectivity index (χ1v) is 10.5. The lowest BCUT2D eigenvalue weighted by molar-refractivity contribution is -0.384. The molecule has 4 aromatic rings. The molecule has 1 atom stereocenters. The second-order valence-corrected chi connectivity index (χ2v) is 7.68. The zero-order valence-electron chi connectivity index (χ0n) is 18.0. The van der Waals surface area contributed by atoms with Crippen molar-refractivity contribution >= 4 is 23.2 Å². The molecule has 168 valence electrons. The molecule has 0 spiro atoms. The van der Waals surface area contributed by atoms with Crippen LogP contribution in [0.15, 0.2) is 90.4 Å². The highest BCUT2D eigenvalue weighted by atomic mass is 16.6. The number of carbonyl (C=O) groups excluding carboxylic acids is 1. The number of nitrogens with one attached hydrogen (secondary N) is 2. The van der Waals surface area contributed by atoms with Crippen LogP contribution in [0.1, 0.15) is 18.5 Å². The predicted molar refractivity (Wildman–Crippen MR) is 126 cm³/mol. The Kier molecular flexibility index (Phi) is 5.30. The molecular weight excluding hydrogens is 434 g/mol. The fourth-order valence-corrected chi connectivity index (χ4v) is 3.87. The van der Waals surface area contributed by atoms with Crippen LogP contribution in [0.4, 0.5) is 17.3 Å². The fourth-order valence-electron chi connectivity index (χ4n) is 3.87. The van der Waals surface area contributed by atoms with Crippen LogP contribution in [-0.2, 0) is 4.79 Å². The smallest absolute Gasteiger partial charge is 0.269 e. The number of nitro groups is 1. The van der Waals surface area contributed by atoms with E-state index in [4.69, 9.17) is 0 Å². The van der Waals surface area contributed by atoms with Crippen LogP contribution < -0.4 is 10.6 Å². The van der Waals surface area contributed by atoms with Crippen molar-refractivity contribution in [1.29, 1.82) is 0 Å². The van der Waals surface area contributed by atoms with Gasteiger partial charge in [0.2, 0.25) is 5.95 Å². The van der Waals surface area contributed by atoms with Crippen LogP contribution in [0.3, 0.4) is 0 Å². The summed E-state index contributed by atoms with van der Waals surface area (Å²) in [4.78, 5) is 32.9. The number of nitro benzene ring substituents is 1. The summed E-state index contributed by atoms with van der Waals surface area (Å²) >= 11 is 0. The van der Waals surface area contributed by atoms with E-state index in [0.29, 0.717) is 34.3 Å². The molecule has 10 heteroatoms. The highest BCUT2D eigenvalue weighted by molar-refractivity contribution is 6.06. The number of anilines is 2. The predicted octanol–water partition coefficient (Wildman–Crippen LogP) is 4.18. The van der Waals surface area contributed by atoms with Crippen LogP contribution >= 0.6 is 0 Å². The average molecular weight is 453 g/mol. The summed E-state index contributed by atoms with van der Waals surface area (Å²) in [5.41, 5.74) is 3.02. The molecule has 0 fully saturated rings. The van der Waals surface area contributed by atoms with E-state index < -0.39 is 11.0 Å². The van der Waals surface area contributed by atoms with Gasteiger partial charge < -0.3 is 10.6 Å². The van der Waals surface area contributed by atoms with E-state index in [1.807, 2.05) is 24.3 Å². The van der Waals surface area contributed by atoms with Gasteiger partial charge in [-0.25, -0.2) is 4.68 Å². The SMILES string of the molecule is CC1=C(C(=O)Nc2ccccc2)C(c2ccc([N+](=O)[O-])cc2)n2nc(-c3cccnc3)nc2N1. The van der Waals surface area contributed by atoms with E-state index in [9.17, 15) is 14.9 Å². The second kappa shape index (κ2) is 8.58. The minimum Gasteiger partial charge on any atom is -0.328 e. The molecule has 0 radical (unpaired) electrons. The maximum absolute atomic E-state index is 13.4. The number of rotatable bonds is 5. The van der Waals surface area contributed by atoms with E-state index in [1.54, 1.807) is 54.3 Å². The van der Waals surface area contributed by atoms with E-state index in [-0.39, 0.29) is 11.6 Å². The summed E-state index contributed by atoms with van der Waals surface area (Å²) in [6.45, 7) is 1.79. The minimum absolute atomic E-state index is 0.0384. The van der Waals surface area contributed by atoms with Crippen molar-refractivity contribution in [2.24, 2.45) is 0 Å². The van der Waals surface area contributed by atoms with Gasteiger partial charge in [0.15, 0.2) is 5.82 Å². The van der Waals surface area contributed by atoms with E-state index in [0.717, 1.165) is 5.56 Å². The van der Waals surface area contributed by atoms with Crippen LogP contribution in [0, 0.1) is 10.1 Å². The Labute approximate surface area is 194 Å². The summed E-state index contributed by atoms with van der Waals surface area (Å²) in [7, 11) is 0. The third-order valence-corrected chi connectivity index (χ3v) is 5.47. The molecule has 1 aliphatic rings. The Morgan fingerprint density at radius 1 is 1.09 bits per heavy atom. The topological polar surface area (TPSA) is 128 Å². The highest BCUT2D eigenvalue weighted by Gasteiger charge is 2.34. The van der Waals surface area contributed by atoms with Gasteiger partial charge in [0, 0.05) is 41.5 Å². The number of fused-ring (bicyclic) bond motifs is 1. The standard InChI is InChI=1S/C24H19N7O3/c1-15-20(23(32)27-18-7-3-2-4-8-18)21(16-9-11-19(12-10-16)31(33)34)30-24(26-15)28-22(29-30)17-6-5-13-25-14-17/h2-14,21H,1H3,(H,27,32)(H,26,28,29). The number of amides is 1. The summed E-state index contributed by atoms with van der Waals surface area (Å²) in [5.74, 6) is 0.583. The maximum Gasteiger partial charge on any atom is 0.269 e. The van der Waals surface area contributed by atoms with Crippen molar-refractivity contribution in [3.63, 3.8) is 0 Å². The third-order valence-electron chi connectivity index (χ3n) is 5.47. The zero-order chi connectivity index (χ0) is 23.7. The van der Waals surface area contributed by atoms with Gasteiger partial charge in [0.05, 0.1) is 10.5 Å². The lowest BCUT2D eigenvalue weighted by Crippen LogP contribution is -2.31. The fraction of sp³-hybridized carbons (Fsp3) is 0.0833. The average Bonchev–Trinajstić information content (AvgIpc) is 3.28. The Balaban J connectivity index is 1.61. The number of pyridine rings is 1. The number of allylic oxidation sites excluding steroid dienone is 1. The molecular formula is C24H19N7O3. The molecule has 1 amide bonds. The molecule has 2 N–H and O–H groups in total. The van der Waals surface area contributed by atoms with E-state index in [1.165, 1.54) is 12.1 Å². The molecule has 0 saturated carbocycles. The van der Waals surface area contributed by atoms with Crippen LogP contribution in [-0.4, -0.2) is 30.6 Å². The molecule has 10 nitrogen and oxygen atoms in total. The lowest BCUT2D eigenvalue weighted by Gasteiger charge is -2.28. The van der Waals surface area contributed by atoms with Crippen molar-refractivity contribution in [3.05, 3.63) is 106 Å². The highest BCUT2D eigenvalue weighted by Crippen LogP contribution is 2.37. The van der Waals surface area contributed by atoms with Crippen LogP contribution in [0.25, 0.3) is 11.4 Å². The first-order valence-electron chi connectivity index (χ1n) is 10.5. The van der Waals surface area contributed by atoms with Gasteiger partial charge in [-0.3, -0.25) is 19.9 Å². The van der Waals surface area contributed by atoms with Crippen molar-refractivity contribution < 1.29 is 9.72 Å². The molecule has 2 aromatic heterocycles. The molecule has 0 saturated heterocycles. The number of benzene rings is 2. The number of non-ortho nitro benzene ring substituents is 1. The number of aromatic nitrogens is 4. The second-order valence-electron chi connectivity index (χ2n) is 7.68.